The molecule has 0 aliphatic rings. The fraction of sp³-hybridized carbons (Fsp3) is 0.214. The van der Waals surface area contributed by atoms with Crippen LogP contribution in [0.15, 0.2) is 36.4 Å². The second-order valence-electron chi connectivity index (χ2n) is 4.23. The summed E-state index contributed by atoms with van der Waals surface area (Å²) in [6, 6.07) is 4.50. The van der Waals surface area contributed by atoms with Gasteiger partial charge in [0.1, 0.15) is 0 Å². The standard InChI is InChI=1S/C14H16N2O5/c1-8(2)12(17)16-10-6-4-9(5-7-10)15-11(13(18)19)14(20)21-3/h4-7,11,15H,1H2,2-3H3,(H,16,17)(H,18,19)/p-1. The summed E-state index contributed by atoms with van der Waals surface area (Å²) in [5.41, 5.74) is 1.24. The quantitative estimate of drug-likeness (QED) is 0.431. The Morgan fingerprint density at radius 3 is 2.14 bits per heavy atom. The van der Waals surface area contributed by atoms with Gasteiger partial charge in [0.15, 0.2) is 6.04 Å². The highest BCUT2D eigenvalue weighted by atomic mass is 16.5. The molecule has 7 nitrogen and oxygen atoms in total. The molecule has 1 aromatic carbocycles. The predicted octanol–water partition coefficient (Wildman–Crippen LogP) is -0.0954. The molecule has 21 heavy (non-hydrogen) atoms. The van der Waals surface area contributed by atoms with Crippen molar-refractivity contribution in [1.82, 2.24) is 0 Å². The van der Waals surface area contributed by atoms with Crippen molar-refractivity contribution in [3.63, 3.8) is 0 Å². The number of rotatable bonds is 6. The topological polar surface area (TPSA) is 108 Å². The lowest BCUT2D eigenvalue weighted by atomic mass is 10.2. The van der Waals surface area contributed by atoms with Crippen LogP contribution in [-0.4, -0.2) is 31.0 Å². The molecule has 7 heteroatoms. The summed E-state index contributed by atoms with van der Waals surface area (Å²) in [7, 11) is 1.08. The number of hydrogen-bond acceptors (Lipinski definition) is 6. The second-order valence-corrected chi connectivity index (χ2v) is 4.23. The molecule has 1 amide bonds. The first-order valence-corrected chi connectivity index (χ1v) is 5.97. The SMILES string of the molecule is C=C(C)C(=O)Nc1ccc(NC(C(=O)[O-])C(=O)OC)cc1. The number of anilines is 2. The van der Waals surface area contributed by atoms with Crippen LogP contribution in [0.3, 0.4) is 0 Å². The number of nitrogens with one attached hydrogen (secondary N) is 2. The maximum absolute atomic E-state index is 11.4. The molecule has 1 unspecified atom stereocenters. The van der Waals surface area contributed by atoms with E-state index in [2.05, 4.69) is 21.9 Å². The van der Waals surface area contributed by atoms with Crippen LogP contribution >= 0.6 is 0 Å². The fourth-order valence-electron chi connectivity index (χ4n) is 1.39. The first kappa shape index (κ1) is 16.2. The van der Waals surface area contributed by atoms with E-state index < -0.39 is 18.0 Å². The highest BCUT2D eigenvalue weighted by Gasteiger charge is 2.20. The van der Waals surface area contributed by atoms with Gasteiger partial charge in [-0.15, -0.1) is 0 Å². The van der Waals surface area contributed by atoms with Crippen molar-refractivity contribution in [3.8, 4) is 0 Å². The smallest absolute Gasteiger partial charge is 0.334 e. The third-order valence-corrected chi connectivity index (χ3v) is 2.51. The van der Waals surface area contributed by atoms with Gasteiger partial charge in [-0.1, -0.05) is 6.58 Å². The molecular weight excluding hydrogens is 276 g/mol. The van der Waals surface area contributed by atoms with E-state index in [9.17, 15) is 19.5 Å². The molecule has 0 aliphatic heterocycles. The number of methoxy groups -OCH3 is 1. The summed E-state index contributed by atoms with van der Waals surface area (Å²) < 4.78 is 4.36. The van der Waals surface area contributed by atoms with E-state index in [1.54, 1.807) is 19.1 Å². The molecule has 0 aliphatic carbocycles. The third kappa shape index (κ3) is 4.64. The average molecular weight is 291 g/mol. The van der Waals surface area contributed by atoms with Crippen LogP contribution in [0.5, 0.6) is 0 Å². The van der Waals surface area contributed by atoms with Gasteiger partial charge in [0.25, 0.3) is 5.91 Å². The van der Waals surface area contributed by atoms with Gasteiger partial charge in [0.05, 0.1) is 13.1 Å². The van der Waals surface area contributed by atoms with Crippen LogP contribution in [-0.2, 0) is 19.1 Å². The van der Waals surface area contributed by atoms with Gasteiger partial charge in [0.2, 0.25) is 0 Å². The largest absolute Gasteiger partial charge is 0.547 e. The fourth-order valence-corrected chi connectivity index (χ4v) is 1.39. The molecule has 0 bridgehead atoms. The van der Waals surface area contributed by atoms with Crippen molar-refractivity contribution in [2.24, 2.45) is 0 Å². The van der Waals surface area contributed by atoms with Gasteiger partial charge in [-0.3, -0.25) is 4.79 Å². The Morgan fingerprint density at radius 1 is 1.19 bits per heavy atom. The normalized spacial score (nSPS) is 11.1. The van der Waals surface area contributed by atoms with Crippen molar-refractivity contribution in [2.45, 2.75) is 13.0 Å². The van der Waals surface area contributed by atoms with Crippen LogP contribution in [0.2, 0.25) is 0 Å². The zero-order valence-electron chi connectivity index (χ0n) is 11.6. The molecule has 0 spiro atoms. The first-order chi connectivity index (χ1) is 9.85. The predicted molar refractivity (Wildman–Crippen MR) is 74.3 cm³/mol. The molecule has 0 saturated carbocycles. The number of carbonyl (C=O) groups is 3. The van der Waals surface area contributed by atoms with Crippen molar-refractivity contribution >= 4 is 29.2 Å². The number of amides is 1. The lowest BCUT2D eigenvalue weighted by Crippen LogP contribution is -2.46. The molecule has 0 saturated heterocycles. The minimum Gasteiger partial charge on any atom is -0.547 e. The van der Waals surface area contributed by atoms with E-state index in [-0.39, 0.29) is 5.91 Å². The Bertz CT molecular complexity index is 565. The maximum atomic E-state index is 11.4. The van der Waals surface area contributed by atoms with E-state index in [4.69, 9.17) is 0 Å². The van der Waals surface area contributed by atoms with E-state index in [1.165, 1.54) is 12.1 Å². The molecule has 1 atom stereocenters. The van der Waals surface area contributed by atoms with Gasteiger partial charge in [-0.05, 0) is 31.2 Å². The summed E-state index contributed by atoms with van der Waals surface area (Å²) in [6.45, 7) is 5.08. The zero-order chi connectivity index (χ0) is 16.0. The summed E-state index contributed by atoms with van der Waals surface area (Å²) in [4.78, 5) is 33.5. The van der Waals surface area contributed by atoms with Crippen LogP contribution in [0.1, 0.15) is 6.92 Å². The molecule has 1 rings (SSSR count). The van der Waals surface area contributed by atoms with Crippen molar-refractivity contribution in [2.75, 3.05) is 17.7 Å². The summed E-state index contributed by atoms with van der Waals surface area (Å²) in [5, 5.41) is 15.9. The molecule has 2 N–H and O–H groups in total. The van der Waals surface area contributed by atoms with E-state index in [0.717, 1.165) is 7.11 Å². The second kappa shape index (κ2) is 7.09. The Hall–Kier alpha value is -2.83. The average Bonchev–Trinajstić information content (AvgIpc) is 2.45. The molecular formula is C14H15N2O5-. The zero-order valence-corrected chi connectivity index (χ0v) is 11.6. The van der Waals surface area contributed by atoms with Crippen LogP contribution in [0.25, 0.3) is 0 Å². The molecule has 1 aromatic rings. The van der Waals surface area contributed by atoms with E-state index in [1.807, 2.05) is 0 Å². The third-order valence-electron chi connectivity index (χ3n) is 2.51. The minimum atomic E-state index is -1.61. The molecule has 112 valence electrons. The number of carboxylic acid groups (broad SMARTS) is 1. The van der Waals surface area contributed by atoms with Gasteiger partial charge < -0.3 is 25.3 Å². The van der Waals surface area contributed by atoms with Gasteiger partial charge in [0, 0.05) is 16.9 Å². The van der Waals surface area contributed by atoms with Gasteiger partial charge in [-0.2, -0.15) is 0 Å². The van der Waals surface area contributed by atoms with Gasteiger partial charge >= 0.3 is 5.97 Å². The Morgan fingerprint density at radius 2 is 1.71 bits per heavy atom. The molecule has 0 radical (unpaired) electrons. The number of aliphatic carboxylic acids is 1. The summed E-state index contributed by atoms with van der Waals surface area (Å²) >= 11 is 0. The van der Waals surface area contributed by atoms with Crippen LogP contribution < -0.4 is 15.7 Å². The van der Waals surface area contributed by atoms with Crippen LogP contribution in [0.4, 0.5) is 11.4 Å². The molecule has 0 aromatic heterocycles. The maximum Gasteiger partial charge on any atom is 0.334 e. The Kier molecular flexibility index (Phi) is 5.48. The van der Waals surface area contributed by atoms with Crippen molar-refractivity contribution < 1.29 is 24.2 Å². The summed E-state index contributed by atoms with van der Waals surface area (Å²) in [6.07, 6.45) is 0. The lowest BCUT2D eigenvalue weighted by molar-refractivity contribution is -0.306. The van der Waals surface area contributed by atoms with Crippen molar-refractivity contribution in [3.05, 3.63) is 36.4 Å². The Balaban J connectivity index is 2.78. The minimum absolute atomic E-state index is 0.321. The van der Waals surface area contributed by atoms with Crippen LogP contribution in [0, 0.1) is 0 Å². The number of hydrogen-bond donors (Lipinski definition) is 2. The highest BCUT2D eigenvalue weighted by Crippen LogP contribution is 2.15. The van der Waals surface area contributed by atoms with E-state index >= 15 is 0 Å². The number of carbonyl (C=O) groups excluding carboxylic acids is 3. The molecule has 0 fully saturated rings. The monoisotopic (exact) mass is 291 g/mol. The van der Waals surface area contributed by atoms with E-state index in [0.29, 0.717) is 16.9 Å². The number of esters is 1. The molecule has 0 heterocycles. The summed E-state index contributed by atoms with van der Waals surface area (Å²) in [5.74, 6) is -2.88. The Labute approximate surface area is 121 Å². The number of carboxylic acids is 1. The highest BCUT2D eigenvalue weighted by molar-refractivity contribution is 6.03. The number of benzene rings is 1. The van der Waals surface area contributed by atoms with Gasteiger partial charge in [-0.25, -0.2) is 4.79 Å². The lowest BCUT2D eigenvalue weighted by Gasteiger charge is -2.18. The van der Waals surface area contributed by atoms with Crippen molar-refractivity contribution in [1.29, 1.82) is 0 Å². The first-order valence-electron chi connectivity index (χ1n) is 5.97. The number of ether oxygens (including phenoxy) is 1.